The number of piperidine rings is 1. The second kappa shape index (κ2) is 6.35. The number of likely N-dealkylation sites (tertiary alicyclic amines) is 1. The van der Waals surface area contributed by atoms with Crippen molar-refractivity contribution in [2.24, 2.45) is 0 Å². The van der Waals surface area contributed by atoms with Gasteiger partial charge in [-0.3, -0.25) is 4.90 Å². The summed E-state index contributed by atoms with van der Waals surface area (Å²) in [6, 6.07) is 8.96. The van der Waals surface area contributed by atoms with Crippen molar-refractivity contribution >= 4 is 0 Å². The monoisotopic (exact) mass is 247 g/mol. The zero-order valence-electron chi connectivity index (χ0n) is 11.6. The highest BCUT2D eigenvalue weighted by molar-refractivity contribution is 5.27. The van der Waals surface area contributed by atoms with Crippen molar-refractivity contribution in [1.29, 1.82) is 0 Å². The lowest BCUT2D eigenvalue weighted by atomic mass is 9.97. The first-order valence-electron chi connectivity index (χ1n) is 7.17. The van der Waals surface area contributed by atoms with Gasteiger partial charge >= 0.3 is 0 Å². The Labute approximate surface area is 111 Å². The van der Waals surface area contributed by atoms with Crippen molar-refractivity contribution in [3.8, 4) is 0 Å². The molecule has 1 aliphatic rings. The molecule has 1 atom stereocenters. The lowest BCUT2D eigenvalue weighted by molar-refractivity contribution is 0.104. The molecular formula is C16H25NO. The van der Waals surface area contributed by atoms with Gasteiger partial charge in [0.15, 0.2) is 0 Å². The van der Waals surface area contributed by atoms with Crippen LogP contribution in [-0.2, 0) is 0 Å². The summed E-state index contributed by atoms with van der Waals surface area (Å²) in [6.07, 6.45) is 3.86. The summed E-state index contributed by atoms with van der Waals surface area (Å²) in [6.45, 7) is 6.89. The molecule has 1 aromatic rings. The molecule has 0 amide bonds. The minimum atomic E-state index is 0.187. The molecule has 1 heterocycles. The summed E-state index contributed by atoms with van der Waals surface area (Å²) >= 11 is 0. The number of aliphatic hydroxyl groups is 1. The Hall–Kier alpha value is -0.860. The minimum absolute atomic E-state index is 0.187. The average molecular weight is 247 g/mol. The molecule has 0 radical (unpaired) electrons. The minimum Gasteiger partial charge on any atom is -0.394 e. The largest absolute Gasteiger partial charge is 0.394 e. The molecule has 0 spiro atoms. The molecular weight excluding hydrogens is 222 g/mol. The summed E-state index contributed by atoms with van der Waals surface area (Å²) in [5, 5.41) is 9.67. The van der Waals surface area contributed by atoms with Gasteiger partial charge in [-0.25, -0.2) is 0 Å². The molecule has 2 rings (SSSR count). The third-order valence-corrected chi connectivity index (χ3v) is 3.99. The van der Waals surface area contributed by atoms with Crippen LogP contribution in [0.5, 0.6) is 0 Å². The van der Waals surface area contributed by atoms with E-state index in [0.717, 1.165) is 13.1 Å². The third-order valence-electron chi connectivity index (χ3n) is 3.99. The SMILES string of the molecule is CC(C)c1ccc([C@@H](CO)N2CCCCC2)cc1. The predicted octanol–water partition coefficient (Wildman–Crippen LogP) is 3.33. The van der Waals surface area contributed by atoms with E-state index in [1.807, 2.05) is 0 Å². The number of benzene rings is 1. The molecule has 1 saturated heterocycles. The number of nitrogens with zero attached hydrogens (tertiary/aromatic N) is 1. The van der Waals surface area contributed by atoms with Crippen LogP contribution in [0, 0.1) is 0 Å². The van der Waals surface area contributed by atoms with Gasteiger partial charge in [0, 0.05) is 0 Å². The van der Waals surface area contributed by atoms with E-state index in [4.69, 9.17) is 0 Å². The molecule has 0 saturated carbocycles. The Morgan fingerprint density at radius 2 is 1.56 bits per heavy atom. The Morgan fingerprint density at radius 3 is 2.06 bits per heavy atom. The van der Waals surface area contributed by atoms with Crippen molar-refractivity contribution in [2.75, 3.05) is 19.7 Å². The van der Waals surface area contributed by atoms with Crippen LogP contribution >= 0.6 is 0 Å². The molecule has 0 aliphatic carbocycles. The van der Waals surface area contributed by atoms with Crippen LogP contribution in [0.4, 0.5) is 0 Å². The number of rotatable bonds is 4. The maximum Gasteiger partial charge on any atom is 0.0628 e. The number of hydrogen-bond donors (Lipinski definition) is 1. The fourth-order valence-electron chi connectivity index (χ4n) is 2.76. The number of aliphatic hydroxyl groups excluding tert-OH is 1. The van der Waals surface area contributed by atoms with Gasteiger partial charge in [0.1, 0.15) is 0 Å². The average Bonchev–Trinajstić information content (AvgIpc) is 2.41. The smallest absolute Gasteiger partial charge is 0.0628 e. The zero-order valence-corrected chi connectivity index (χ0v) is 11.6. The molecule has 0 bridgehead atoms. The quantitative estimate of drug-likeness (QED) is 0.882. The van der Waals surface area contributed by atoms with Crippen LogP contribution in [0.1, 0.15) is 56.2 Å². The molecule has 1 fully saturated rings. The van der Waals surface area contributed by atoms with Gasteiger partial charge in [0.25, 0.3) is 0 Å². The van der Waals surface area contributed by atoms with E-state index in [1.54, 1.807) is 0 Å². The van der Waals surface area contributed by atoms with E-state index in [9.17, 15) is 5.11 Å². The maximum atomic E-state index is 9.67. The van der Waals surface area contributed by atoms with Crippen LogP contribution in [-0.4, -0.2) is 29.7 Å². The Balaban J connectivity index is 2.11. The van der Waals surface area contributed by atoms with E-state index in [1.165, 1.54) is 30.4 Å². The van der Waals surface area contributed by atoms with E-state index >= 15 is 0 Å². The standard InChI is InChI=1S/C16H25NO/c1-13(2)14-6-8-15(9-7-14)16(12-18)17-10-4-3-5-11-17/h6-9,13,16,18H,3-5,10-12H2,1-2H3/t16-/m1/s1. The summed E-state index contributed by atoms with van der Waals surface area (Å²) in [4.78, 5) is 2.42. The third kappa shape index (κ3) is 3.12. The maximum absolute atomic E-state index is 9.67. The fourth-order valence-corrected chi connectivity index (χ4v) is 2.76. The molecule has 100 valence electrons. The normalized spacial score (nSPS) is 19.1. The van der Waals surface area contributed by atoms with Crippen molar-refractivity contribution in [1.82, 2.24) is 4.90 Å². The highest BCUT2D eigenvalue weighted by Gasteiger charge is 2.21. The topological polar surface area (TPSA) is 23.5 Å². The van der Waals surface area contributed by atoms with E-state index in [-0.39, 0.29) is 12.6 Å². The van der Waals surface area contributed by atoms with E-state index in [2.05, 4.69) is 43.0 Å². The van der Waals surface area contributed by atoms with Crippen molar-refractivity contribution in [2.45, 2.75) is 45.1 Å². The predicted molar refractivity (Wildman–Crippen MR) is 75.8 cm³/mol. The lowest BCUT2D eigenvalue weighted by Gasteiger charge is -2.33. The first-order chi connectivity index (χ1) is 8.72. The van der Waals surface area contributed by atoms with Gasteiger partial charge in [-0.15, -0.1) is 0 Å². The summed E-state index contributed by atoms with van der Waals surface area (Å²) in [7, 11) is 0. The highest BCUT2D eigenvalue weighted by Crippen LogP contribution is 2.25. The fraction of sp³-hybridized carbons (Fsp3) is 0.625. The van der Waals surface area contributed by atoms with Crippen LogP contribution in [0.15, 0.2) is 24.3 Å². The molecule has 1 N–H and O–H groups in total. The second-order valence-electron chi connectivity index (χ2n) is 5.62. The molecule has 1 aliphatic heterocycles. The molecule has 0 aromatic heterocycles. The van der Waals surface area contributed by atoms with Gasteiger partial charge in [0.2, 0.25) is 0 Å². The first-order valence-corrected chi connectivity index (χ1v) is 7.17. The van der Waals surface area contributed by atoms with Crippen molar-refractivity contribution in [3.05, 3.63) is 35.4 Å². The Bertz CT molecular complexity index is 352. The summed E-state index contributed by atoms with van der Waals surface area (Å²) in [5.74, 6) is 0.571. The van der Waals surface area contributed by atoms with Gasteiger partial charge in [0.05, 0.1) is 12.6 Å². The first kappa shape index (κ1) is 13.6. The lowest BCUT2D eigenvalue weighted by Crippen LogP contribution is -2.35. The van der Waals surface area contributed by atoms with Crippen molar-refractivity contribution in [3.63, 3.8) is 0 Å². The van der Waals surface area contributed by atoms with Crippen molar-refractivity contribution < 1.29 is 5.11 Å². The van der Waals surface area contributed by atoms with Gasteiger partial charge in [-0.1, -0.05) is 44.5 Å². The van der Waals surface area contributed by atoms with Gasteiger partial charge in [-0.05, 0) is 43.0 Å². The van der Waals surface area contributed by atoms with Gasteiger partial charge < -0.3 is 5.11 Å². The molecule has 1 aromatic carbocycles. The molecule has 2 heteroatoms. The van der Waals surface area contributed by atoms with Crippen LogP contribution in [0.3, 0.4) is 0 Å². The highest BCUT2D eigenvalue weighted by atomic mass is 16.3. The molecule has 2 nitrogen and oxygen atoms in total. The number of hydrogen-bond acceptors (Lipinski definition) is 2. The van der Waals surface area contributed by atoms with E-state index in [0.29, 0.717) is 5.92 Å². The zero-order chi connectivity index (χ0) is 13.0. The van der Waals surface area contributed by atoms with Crippen LogP contribution in [0.2, 0.25) is 0 Å². The Kier molecular flexibility index (Phi) is 4.79. The van der Waals surface area contributed by atoms with E-state index < -0.39 is 0 Å². The van der Waals surface area contributed by atoms with Crippen LogP contribution in [0.25, 0.3) is 0 Å². The summed E-state index contributed by atoms with van der Waals surface area (Å²) in [5.41, 5.74) is 2.62. The summed E-state index contributed by atoms with van der Waals surface area (Å²) < 4.78 is 0. The van der Waals surface area contributed by atoms with Crippen LogP contribution < -0.4 is 0 Å². The second-order valence-corrected chi connectivity index (χ2v) is 5.62. The Morgan fingerprint density at radius 1 is 1.00 bits per heavy atom. The van der Waals surface area contributed by atoms with Gasteiger partial charge in [-0.2, -0.15) is 0 Å². The molecule has 0 unspecified atom stereocenters. The molecule has 18 heavy (non-hydrogen) atoms.